The van der Waals surface area contributed by atoms with Crippen molar-refractivity contribution < 1.29 is 14.4 Å². The maximum Gasteiger partial charge on any atom is 0.324 e. The molecule has 24 heavy (non-hydrogen) atoms. The standard InChI is InChI=1S/C17H22ClN3O3/c1-3-17(4-2,12-5-7-13(18)8-6-12)15(23)19-9-10-21-14(22)11-20-16(21)24/h5-8H,3-4,9-11H2,1-2H3,(H,19,23)(H,20,24). The van der Waals surface area contributed by atoms with E-state index in [9.17, 15) is 14.4 Å². The summed E-state index contributed by atoms with van der Waals surface area (Å²) in [5.41, 5.74) is 0.256. The molecule has 1 heterocycles. The van der Waals surface area contributed by atoms with E-state index in [1.807, 2.05) is 26.0 Å². The van der Waals surface area contributed by atoms with Crippen molar-refractivity contribution in [1.29, 1.82) is 0 Å². The Morgan fingerprint density at radius 3 is 2.38 bits per heavy atom. The van der Waals surface area contributed by atoms with E-state index >= 15 is 0 Å². The number of nitrogens with one attached hydrogen (secondary N) is 2. The summed E-state index contributed by atoms with van der Waals surface area (Å²) in [5.74, 6) is -0.383. The largest absolute Gasteiger partial charge is 0.354 e. The molecule has 0 spiro atoms. The van der Waals surface area contributed by atoms with Gasteiger partial charge in [-0.05, 0) is 30.5 Å². The van der Waals surface area contributed by atoms with Gasteiger partial charge in [0.1, 0.15) is 0 Å². The highest BCUT2D eigenvalue weighted by Gasteiger charge is 2.37. The fourth-order valence-corrected chi connectivity index (χ4v) is 3.14. The SMILES string of the molecule is CCC(CC)(C(=O)NCCN1C(=O)CNC1=O)c1ccc(Cl)cc1. The molecule has 0 saturated carbocycles. The van der Waals surface area contributed by atoms with E-state index in [1.165, 1.54) is 0 Å². The van der Waals surface area contributed by atoms with Crippen LogP contribution in [0.1, 0.15) is 32.3 Å². The molecule has 0 radical (unpaired) electrons. The summed E-state index contributed by atoms with van der Waals surface area (Å²) >= 11 is 5.94. The van der Waals surface area contributed by atoms with Crippen LogP contribution in [-0.2, 0) is 15.0 Å². The van der Waals surface area contributed by atoms with Crippen molar-refractivity contribution in [3.63, 3.8) is 0 Å². The lowest BCUT2D eigenvalue weighted by Gasteiger charge is -2.31. The Bertz CT molecular complexity index is 610. The fourth-order valence-electron chi connectivity index (χ4n) is 3.01. The molecule has 0 aromatic heterocycles. The highest BCUT2D eigenvalue weighted by atomic mass is 35.5. The number of rotatable bonds is 7. The molecule has 1 aliphatic heterocycles. The van der Waals surface area contributed by atoms with Gasteiger partial charge in [0.25, 0.3) is 0 Å². The number of imide groups is 1. The Kier molecular flexibility index (Phi) is 5.83. The maximum atomic E-state index is 12.8. The van der Waals surface area contributed by atoms with E-state index in [2.05, 4.69) is 10.6 Å². The molecule has 7 heteroatoms. The number of nitrogens with zero attached hydrogens (tertiary/aromatic N) is 1. The molecule has 1 aromatic carbocycles. The van der Waals surface area contributed by atoms with Crippen LogP contribution in [0.4, 0.5) is 4.79 Å². The van der Waals surface area contributed by atoms with Crippen molar-refractivity contribution in [3.05, 3.63) is 34.9 Å². The summed E-state index contributed by atoms with van der Waals surface area (Å²) in [7, 11) is 0. The second-order valence-corrected chi connectivity index (χ2v) is 6.19. The van der Waals surface area contributed by atoms with Gasteiger partial charge in [-0.2, -0.15) is 0 Å². The van der Waals surface area contributed by atoms with E-state index in [4.69, 9.17) is 11.6 Å². The summed E-state index contributed by atoms with van der Waals surface area (Å²) in [6.45, 7) is 4.35. The van der Waals surface area contributed by atoms with Crippen LogP contribution in [0.3, 0.4) is 0 Å². The third kappa shape index (κ3) is 3.53. The number of carbonyl (C=O) groups excluding carboxylic acids is 3. The van der Waals surface area contributed by atoms with Gasteiger partial charge in [0.05, 0.1) is 12.0 Å². The van der Waals surface area contributed by atoms with E-state index < -0.39 is 11.4 Å². The number of urea groups is 1. The molecule has 0 atom stereocenters. The lowest BCUT2D eigenvalue weighted by molar-refractivity contribution is -0.128. The number of amides is 4. The highest BCUT2D eigenvalue weighted by molar-refractivity contribution is 6.30. The normalized spacial score (nSPS) is 14.7. The molecular formula is C17H22ClN3O3. The summed E-state index contributed by atoms with van der Waals surface area (Å²) in [5, 5.41) is 5.94. The lowest BCUT2D eigenvalue weighted by atomic mass is 9.75. The van der Waals surface area contributed by atoms with Gasteiger partial charge in [-0.3, -0.25) is 14.5 Å². The first-order valence-corrected chi connectivity index (χ1v) is 8.45. The minimum Gasteiger partial charge on any atom is -0.354 e. The van der Waals surface area contributed by atoms with Gasteiger partial charge in [0.15, 0.2) is 0 Å². The summed E-state index contributed by atoms with van der Waals surface area (Å²) in [4.78, 5) is 36.9. The monoisotopic (exact) mass is 351 g/mol. The molecule has 1 aliphatic rings. The zero-order valence-corrected chi connectivity index (χ0v) is 14.7. The van der Waals surface area contributed by atoms with Crippen molar-refractivity contribution in [2.45, 2.75) is 32.1 Å². The summed E-state index contributed by atoms with van der Waals surface area (Å²) in [6, 6.07) is 6.87. The van der Waals surface area contributed by atoms with Gasteiger partial charge in [-0.25, -0.2) is 4.79 Å². The van der Waals surface area contributed by atoms with Crippen molar-refractivity contribution in [2.24, 2.45) is 0 Å². The van der Waals surface area contributed by atoms with Crippen LogP contribution in [0.15, 0.2) is 24.3 Å². The minimum atomic E-state index is -0.651. The van der Waals surface area contributed by atoms with E-state index in [0.717, 1.165) is 10.5 Å². The van der Waals surface area contributed by atoms with Gasteiger partial charge in [-0.15, -0.1) is 0 Å². The topological polar surface area (TPSA) is 78.5 Å². The number of halogens is 1. The Balaban J connectivity index is 2.05. The molecular weight excluding hydrogens is 330 g/mol. The molecule has 130 valence electrons. The van der Waals surface area contributed by atoms with Crippen molar-refractivity contribution >= 4 is 29.4 Å². The van der Waals surface area contributed by atoms with Gasteiger partial charge >= 0.3 is 6.03 Å². The number of carbonyl (C=O) groups is 3. The predicted octanol–water partition coefficient (Wildman–Crippen LogP) is 2.07. The smallest absolute Gasteiger partial charge is 0.324 e. The molecule has 2 rings (SSSR count). The third-order valence-corrected chi connectivity index (χ3v) is 4.85. The lowest BCUT2D eigenvalue weighted by Crippen LogP contribution is -2.46. The Morgan fingerprint density at radius 2 is 1.88 bits per heavy atom. The zero-order valence-electron chi connectivity index (χ0n) is 13.9. The summed E-state index contributed by atoms with van der Waals surface area (Å²) in [6.07, 6.45) is 1.28. The van der Waals surface area contributed by atoms with Crippen molar-refractivity contribution in [2.75, 3.05) is 19.6 Å². The zero-order chi connectivity index (χ0) is 17.7. The highest BCUT2D eigenvalue weighted by Crippen LogP contribution is 2.32. The first kappa shape index (κ1) is 18.3. The Labute approximate surface area is 146 Å². The first-order valence-electron chi connectivity index (χ1n) is 8.07. The Morgan fingerprint density at radius 1 is 1.25 bits per heavy atom. The van der Waals surface area contributed by atoms with Gasteiger partial charge < -0.3 is 10.6 Å². The second-order valence-electron chi connectivity index (χ2n) is 5.76. The summed E-state index contributed by atoms with van der Waals surface area (Å²) < 4.78 is 0. The van der Waals surface area contributed by atoms with E-state index in [1.54, 1.807) is 12.1 Å². The van der Waals surface area contributed by atoms with Crippen molar-refractivity contribution in [1.82, 2.24) is 15.5 Å². The van der Waals surface area contributed by atoms with Crippen LogP contribution < -0.4 is 10.6 Å². The van der Waals surface area contributed by atoms with Gasteiger partial charge in [-0.1, -0.05) is 37.6 Å². The molecule has 1 saturated heterocycles. The van der Waals surface area contributed by atoms with Crippen molar-refractivity contribution in [3.8, 4) is 0 Å². The molecule has 4 amide bonds. The number of hydrogen-bond acceptors (Lipinski definition) is 3. The molecule has 0 aliphatic carbocycles. The third-order valence-electron chi connectivity index (χ3n) is 4.60. The molecule has 2 N–H and O–H groups in total. The van der Waals surface area contributed by atoms with Crippen LogP contribution in [-0.4, -0.2) is 42.4 Å². The van der Waals surface area contributed by atoms with Crippen LogP contribution >= 0.6 is 11.6 Å². The number of benzene rings is 1. The second kappa shape index (κ2) is 7.66. The van der Waals surface area contributed by atoms with E-state index in [0.29, 0.717) is 17.9 Å². The molecule has 0 unspecified atom stereocenters. The maximum absolute atomic E-state index is 12.8. The molecule has 1 aromatic rings. The van der Waals surface area contributed by atoms with Gasteiger partial charge in [0.2, 0.25) is 11.8 Å². The quantitative estimate of drug-likeness (QED) is 0.738. The predicted molar refractivity (Wildman–Crippen MR) is 91.8 cm³/mol. The average molecular weight is 352 g/mol. The first-order chi connectivity index (χ1) is 11.4. The van der Waals surface area contributed by atoms with Crippen LogP contribution in [0.5, 0.6) is 0 Å². The molecule has 0 bridgehead atoms. The van der Waals surface area contributed by atoms with Crippen LogP contribution in [0, 0.1) is 0 Å². The average Bonchev–Trinajstić information content (AvgIpc) is 2.90. The van der Waals surface area contributed by atoms with E-state index in [-0.39, 0.29) is 31.4 Å². The molecule has 6 nitrogen and oxygen atoms in total. The Hall–Kier alpha value is -2.08. The number of hydrogen-bond donors (Lipinski definition) is 2. The van der Waals surface area contributed by atoms with Crippen LogP contribution in [0.2, 0.25) is 5.02 Å². The molecule has 1 fully saturated rings. The van der Waals surface area contributed by atoms with Gasteiger partial charge in [0, 0.05) is 18.1 Å². The fraction of sp³-hybridized carbons (Fsp3) is 0.471. The van der Waals surface area contributed by atoms with Crippen LogP contribution in [0.25, 0.3) is 0 Å². The minimum absolute atomic E-state index is 0.0193.